The molecule has 17 heavy (non-hydrogen) atoms. The molecule has 4 heteroatoms. The first-order valence-electron chi connectivity index (χ1n) is 5.15. The lowest BCUT2D eigenvalue weighted by Crippen LogP contribution is -2.12. The van der Waals surface area contributed by atoms with Crippen LogP contribution in [0.1, 0.15) is 21.6 Å². The summed E-state index contributed by atoms with van der Waals surface area (Å²) in [6, 6.07) is 12.1. The van der Waals surface area contributed by atoms with E-state index in [0.29, 0.717) is 12.1 Å². The van der Waals surface area contributed by atoms with Gasteiger partial charge in [0.05, 0.1) is 5.56 Å². The summed E-state index contributed by atoms with van der Waals surface area (Å²) in [7, 11) is 0. The summed E-state index contributed by atoms with van der Waals surface area (Å²) < 4.78 is 0. The number of pyridine rings is 1. The van der Waals surface area contributed by atoms with Crippen LogP contribution in [0.3, 0.4) is 0 Å². The van der Waals surface area contributed by atoms with Crippen LogP contribution in [-0.2, 0) is 6.42 Å². The Morgan fingerprint density at radius 2 is 1.88 bits per heavy atom. The van der Waals surface area contributed by atoms with Crippen LogP contribution in [-0.4, -0.2) is 16.1 Å². The molecule has 0 fully saturated rings. The zero-order valence-electron chi connectivity index (χ0n) is 9.01. The number of hydrogen-bond donors (Lipinski definition) is 2. The molecule has 86 valence electrons. The minimum Gasteiger partial charge on any atom is -0.478 e. The highest BCUT2D eigenvalue weighted by Gasteiger charge is 2.06. The summed E-state index contributed by atoms with van der Waals surface area (Å²) in [4.78, 5) is 24.7. The zero-order valence-corrected chi connectivity index (χ0v) is 9.01. The van der Waals surface area contributed by atoms with Crippen LogP contribution in [0.25, 0.3) is 0 Å². The molecule has 2 aromatic rings. The van der Waals surface area contributed by atoms with Crippen molar-refractivity contribution in [3.05, 3.63) is 69.6 Å². The average molecular weight is 229 g/mol. The van der Waals surface area contributed by atoms with E-state index in [1.807, 2.05) is 30.3 Å². The molecular weight excluding hydrogens is 218 g/mol. The van der Waals surface area contributed by atoms with Gasteiger partial charge in [-0.3, -0.25) is 4.79 Å². The van der Waals surface area contributed by atoms with E-state index < -0.39 is 11.5 Å². The molecule has 0 aliphatic heterocycles. The van der Waals surface area contributed by atoms with Gasteiger partial charge < -0.3 is 10.1 Å². The lowest BCUT2D eigenvalue weighted by atomic mass is 10.1. The summed E-state index contributed by atoms with van der Waals surface area (Å²) >= 11 is 0. The van der Waals surface area contributed by atoms with Gasteiger partial charge in [0.2, 0.25) is 5.56 Å². The largest absolute Gasteiger partial charge is 0.478 e. The molecule has 0 spiro atoms. The van der Waals surface area contributed by atoms with Gasteiger partial charge in [-0.2, -0.15) is 0 Å². The molecule has 0 saturated heterocycles. The van der Waals surface area contributed by atoms with Crippen molar-refractivity contribution in [1.82, 2.24) is 4.98 Å². The van der Waals surface area contributed by atoms with Crippen LogP contribution >= 0.6 is 0 Å². The molecule has 1 aromatic heterocycles. The molecule has 2 rings (SSSR count). The Hall–Kier alpha value is -2.36. The minimum absolute atomic E-state index is 0.0136. The molecule has 1 aromatic carbocycles. The number of aromatic nitrogens is 1. The van der Waals surface area contributed by atoms with Gasteiger partial charge in [0.1, 0.15) is 0 Å². The van der Waals surface area contributed by atoms with E-state index in [0.717, 1.165) is 11.6 Å². The number of hydrogen-bond acceptors (Lipinski definition) is 2. The highest BCUT2D eigenvalue weighted by molar-refractivity contribution is 5.87. The Kier molecular flexibility index (Phi) is 3.05. The lowest BCUT2D eigenvalue weighted by Gasteiger charge is -2.02. The standard InChI is InChI=1S/C13H11NO3/c15-12-8-10(13(16)17)7-11(14-12)6-9-4-2-1-3-5-9/h1-5,7-8H,6H2,(H,14,15)(H,16,17). The maximum atomic E-state index is 11.3. The smallest absolute Gasteiger partial charge is 0.335 e. The van der Waals surface area contributed by atoms with Gasteiger partial charge in [0.15, 0.2) is 0 Å². The monoisotopic (exact) mass is 229 g/mol. The van der Waals surface area contributed by atoms with Gasteiger partial charge in [-0.05, 0) is 11.6 Å². The number of aromatic carboxylic acids is 1. The molecule has 4 nitrogen and oxygen atoms in total. The Balaban J connectivity index is 2.34. The van der Waals surface area contributed by atoms with Crippen molar-refractivity contribution in [2.24, 2.45) is 0 Å². The SMILES string of the molecule is O=C(O)c1cc(Cc2ccccc2)[nH]c(=O)c1. The Labute approximate surface area is 97.6 Å². The van der Waals surface area contributed by atoms with Crippen molar-refractivity contribution in [2.45, 2.75) is 6.42 Å². The summed E-state index contributed by atoms with van der Waals surface area (Å²) in [6.45, 7) is 0. The fourth-order valence-corrected chi connectivity index (χ4v) is 1.64. The molecular formula is C13H11NO3. The Morgan fingerprint density at radius 3 is 2.53 bits per heavy atom. The van der Waals surface area contributed by atoms with E-state index in [1.165, 1.54) is 6.07 Å². The number of benzene rings is 1. The molecule has 0 atom stereocenters. The first-order valence-corrected chi connectivity index (χ1v) is 5.15. The number of H-pyrrole nitrogens is 1. The predicted molar refractivity (Wildman–Crippen MR) is 63.3 cm³/mol. The summed E-state index contributed by atoms with van der Waals surface area (Å²) in [5.74, 6) is -1.09. The highest BCUT2D eigenvalue weighted by atomic mass is 16.4. The van der Waals surface area contributed by atoms with E-state index in [2.05, 4.69) is 4.98 Å². The third-order valence-corrected chi connectivity index (χ3v) is 2.38. The minimum atomic E-state index is -1.09. The quantitative estimate of drug-likeness (QED) is 0.840. The van der Waals surface area contributed by atoms with Crippen molar-refractivity contribution in [1.29, 1.82) is 0 Å². The van der Waals surface area contributed by atoms with Crippen molar-refractivity contribution < 1.29 is 9.90 Å². The fraction of sp³-hybridized carbons (Fsp3) is 0.0769. The van der Waals surface area contributed by atoms with Gasteiger partial charge in [0.25, 0.3) is 0 Å². The van der Waals surface area contributed by atoms with E-state index in [9.17, 15) is 9.59 Å². The van der Waals surface area contributed by atoms with E-state index >= 15 is 0 Å². The highest BCUT2D eigenvalue weighted by Crippen LogP contribution is 2.07. The first kappa shape index (κ1) is 11.1. The fourth-order valence-electron chi connectivity index (χ4n) is 1.64. The number of carbonyl (C=O) groups is 1. The predicted octanol–water partition coefficient (Wildman–Crippen LogP) is 1.66. The van der Waals surface area contributed by atoms with E-state index in [-0.39, 0.29) is 5.56 Å². The number of rotatable bonds is 3. The third kappa shape index (κ3) is 2.81. The lowest BCUT2D eigenvalue weighted by molar-refractivity contribution is 0.0696. The van der Waals surface area contributed by atoms with Crippen LogP contribution < -0.4 is 5.56 Å². The number of carboxylic acid groups (broad SMARTS) is 1. The Bertz CT molecular complexity index is 587. The summed E-state index contributed by atoms with van der Waals surface area (Å²) in [6.07, 6.45) is 0.511. The van der Waals surface area contributed by atoms with Crippen molar-refractivity contribution in [2.75, 3.05) is 0 Å². The molecule has 0 aliphatic carbocycles. The maximum absolute atomic E-state index is 11.3. The van der Waals surface area contributed by atoms with Gasteiger partial charge in [-0.15, -0.1) is 0 Å². The van der Waals surface area contributed by atoms with Crippen LogP contribution in [0, 0.1) is 0 Å². The molecule has 0 unspecified atom stereocenters. The molecule has 1 heterocycles. The molecule has 2 N–H and O–H groups in total. The van der Waals surface area contributed by atoms with Crippen molar-refractivity contribution >= 4 is 5.97 Å². The van der Waals surface area contributed by atoms with Crippen LogP contribution in [0.2, 0.25) is 0 Å². The number of aromatic amines is 1. The van der Waals surface area contributed by atoms with E-state index in [4.69, 9.17) is 5.11 Å². The second-order valence-electron chi connectivity index (χ2n) is 3.73. The second kappa shape index (κ2) is 4.65. The zero-order chi connectivity index (χ0) is 12.3. The van der Waals surface area contributed by atoms with Crippen LogP contribution in [0.5, 0.6) is 0 Å². The Morgan fingerprint density at radius 1 is 1.18 bits per heavy atom. The molecule has 0 aliphatic rings. The topological polar surface area (TPSA) is 70.2 Å². The molecule has 0 amide bonds. The molecule has 0 radical (unpaired) electrons. The first-order chi connectivity index (χ1) is 8.15. The van der Waals surface area contributed by atoms with Crippen molar-refractivity contribution in [3.8, 4) is 0 Å². The molecule has 0 bridgehead atoms. The van der Waals surface area contributed by atoms with Gasteiger partial charge in [-0.1, -0.05) is 30.3 Å². The number of nitrogens with one attached hydrogen (secondary N) is 1. The van der Waals surface area contributed by atoms with Gasteiger partial charge in [0, 0.05) is 18.2 Å². The number of carboxylic acids is 1. The van der Waals surface area contributed by atoms with E-state index in [1.54, 1.807) is 0 Å². The van der Waals surface area contributed by atoms with Crippen LogP contribution in [0.15, 0.2) is 47.3 Å². The third-order valence-electron chi connectivity index (χ3n) is 2.38. The van der Waals surface area contributed by atoms with Gasteiger partial charge in [-0.25, -0.2) is 4.79 Å². The maximum Gasteiger partial charge on any atom is 0.335 e. The normalized spacial score (nSPS) is 10.1. The van der Waals surface area contributed by atoms with Crippen molar-refractivity contribution in [3.63, 3.8) is 0 Å². The molecule has 0 saturated carbocycles. The average Bonchev–Trinajstić information content (AvgIpc) is 2.29. The summed E-state index contributed by atoms with van der Waals surface area (Å²) in [5, 5.41) is 8.85. The van der Waals surface area contributed by atoms with Gasteiger partial charge >= 0.3 is 5.97 Å². The van der Waals surface area contributed by atoms with Crippen LogP contribution in [0.4, 0.5) is 0 Å². The summed E-state index contributed by atoms with van der Waals surface area (Å²) in [5.41, 5.74) is 1.24. The second-order valence-corrected chi connectivity index (χ2v) is 3.73.